The van der Waals surface area contributed by atoms with Gasteiger partial charge in [0, 0.05) is 36.5 Å². The van der Waals surface area contributed by atoms with Crippen LogP contribution in [0.1, 0.15) is 55.6 Å². The topological polar surface area (TPSA) is 123 Å². The van der Waals surface area contributed by atoms with E-state index < -0.39 is 14.4 Å². The zero-order valence-corrected chi connectivity index (χ0v) is 27.7. The average Bonchev–Trinajstić information content (AvgIpc) is 3.49. The fraction of sp³-hybridized carbons (Fsp3) is 0.545. The fourth-order valence-corrected chi connectivity index (χ4v) is 8.18. The lowest BCUT2D eigenvalue weighted by Gasteiger charge is -2.42. The van der Waals surface area contributed by atoms with Crippen molar-refractivity contribution in [1.82, 2.24) is 30.0 Å². The molecule has 0 unspecified atom stereocenters. The monoisotopic (exact) mass is 632 g/mol. The van der Waals surface area contributed by atoms with Crippen LogP contribution in [0.4, 0.5) is 4.79 Å². The zero-order chi connectivity index (χ0) is 31.9. The molecule has 2 aromatic carbocycles. The van der Waals surface area contributed by atoms with Crippen molar-refractivity contribution in [3.05, 3.63) is 72.1 Å². The number of carbonyl (C=O) groups excluding carboxylic acids is 1. The Morgan fingerprint density at radius 3 is 2.31 bits per heavy atom. The van der Waals surface area contributed by atoms with Gasteiger partial charge in [0.1, 0.15) is 18.7 Å². The van der Waals surface area contributed by atoms with E-state index in [-0.39, 0.29) is 41.8 Å². The van der Waals surface area contributed by atoms with Crippen LogP contribution in [0.25, 0.3) is 0 Å². The Balaban J connectivity index is 1.11. The minimum absolute atomic E-state index is 0.0290. The Morgan fingerprint density at radius 1 is 1.02 bits per heavy atom. The van der Waals surface area contributed by atoms with Gasteiger partial charge < -0.3 is 19.2 Å². The SMILES string of the molecule is CC(C)(C)[Si](C)(C)O[C@H](COc1ccccc1)[C@H]1CC[C@@H](Cc2ccc(C(=O)N3C[C@@H]4[C@H](C3)[C@@H]4n3cnnn3)cc2)N1C(=O)O. The van der Waals surface area contributed by atoms with Crippen LogP contribution in [0.2, 0.25) is 18.1 Å². The number of nitrogens with zero attached hydrogens (tertiary/aromatic N) is 6. The number of rotatable bonds is 10. The molecular formula is C33H44N6O5Si. The number of hydrogen-bond acceptors (Lipinski definition) is 7. The molecule has 6 rings (SSSR count). The van der Waals surface area contributed by atoms with E-state index in [1.54, 1.807) is 15.9 Å². The van der Waals surface area contributed by atoms with Gasteiger partial charge in [0.05, 0.1) is 18.2 Å². The van der Waals surface area contributed by atoms with E-state index in [9.17, 15) is 14.7 Å². The summed E-state index contributed by atoms with van der Waals surface area (Å²) in [7, 11) is -2.23. The van der Waals surface area contributed by atoms with Gasteiger partial charge in [-0.3, -0.25) is 9.69 Å². The Kier molecular flexibility index (Phi) is 8.46. The fourth-order valence-electron chi connectivity index (χ4n) is 6.85. The standard InChI is InChI=1S/C33H44N6O5Si/c1-33(2,3)45(4,5)44-29(20-43-25-9-7-6-8-10-25)28-16-15-24(39(28)32(41)42)17-22-11-13-23(14-12-22)31(40)37-18-26-27(19-37)30(26)38-21-34-35-36-38/h6-14,21,24,26-30H,15-20H2,1-5H3,(H,41,42)/t24-,26-,27+,28+,29+,30-/m0/s1. The molecule has 3 aromatic rings. The largest absolute Gasteiger partial charge is 0.491 e. The van der Waals surface area contributed by atoms with Gasteiger partial charge in [-0.25, -0.2) is 9.48 Å². The third-order valence-electron chi connectivity index (χ3n) is 10.4. The number of tetrazole rings is 1. The number of amides is 2. The summed E-state index contributed by atoms with van der Waals surface area (Å²) in [6, 6.07) is 17.1. The molecule has 1 saturated carbocycles. The number of benzene rings is 2. The number of ether oxygens (including phenoxy) is 1. The number of likely N-dealkylation sites (tertiary alicyclic amines) is 2. The van der Waals surface area contributed by atoms with Gasteiger partial charge >= 0.3 is 6.09 Å². The highest BCUT2D eigenvalue weighted by molar-refractivity contribution is 6.74. The van der Waals surface area contributed by atoms with Gasteiger partial charge in [0.25, 0.3) is 5.91 Å². The van der Waals surface area contributed by atoms with E-state index in [0.29, 0.717) is 43.3 Å². The molecular weight excluding hydrogens is 588 g/mol. The van der Waals surface area contributed by atoms with Crippen molar-refractivity contribution in [2.45, 2.75) is 82.4 Å². The van der Waals surface area contributed by atoms with E-state index in [1.807, 2.05) is 59.5 Å². The molecule has 3 heterocycles. The summed E-state index contributed by atoms with van der Waals surface area (Å²) < 4.78 is 14.8. The molecule has 240 valence electrons. The smallest absolute Gasteiger partial charge is 0.407 e. The molecule has 0 bridgehead atoms. The molecule has 12 heteroatoms. The molecule has 3 fully saturated rings. The number of aromatic nitrogens is 4. The molecule has 11 nitrogen and oxygen atoms in total. The van der Waals surface area contributed by atoms with Gasteiger partial charge in [-0.1, -0.05) is 51.1 Å². The van der Waals surface area contributed by atoms with Crippen molar-refractivity contribution in [3.8, 4) is 5.75 Å². The molecule has 1 N–H and O–H groups in total. The molecule has 0 radical (unpaired) electrons. The highest BCUT2D eigenvalue weighted by Gasteiger charge is 2.58. The van der Waals surface area contributed by atoms with Gasteiger partial charge in [0.2, 0.25) is 0 Å². The number of hydrogen-bond donors (Lipinski definition) is 1. The first kappa shape index (κ1) is 31.2. The van der Waals surface area contributed by atoms with Crippen LogP contribution in [0, 0.1) is 11.8 Å². The van der Waals surface area contributed by atoms with Crippen molar-refractivity contribution in [3.63, 3.8) is 0 Å². The maximum Gasteiger partial charge on any atom is 0.407 e. The predicted octanol–water partition coefficient (Wildman–Crippen LogP) is 5.14. The predicted molar refractivity (Wildman–Crippen MR) is 171 cm³/mol. The highest BCUT2D eigenvalue weighted by Crippen LogP contribution is 2.54. The summed E-state index contributed by atoms with van der Waals surface area (Å²) in [5, 5.41) is 21.9. The molecule has 45 heavy (non-hydrogen) atoms. The van der Waals surface area contributed by atoms with E-state index in [0.717, 1.165) is 17.7 Å². The highest BCUT2D eigenvalue weighted by atomic mass is 28.4. The lowest BCUT2D eigenvalue weighted by molar-refractivity contribution is 0.0341. The summed E-state index contributed by atoms with van der Waals surface area (Å²) >= 11 is 0. The van der Waals surface area contributed by atoms with Crippen LogP contribution in [-0.2, 0) is 10.8 Å². The quantitative estimate of drug-likeness (QED) is 0.305. The van der Waals surface area contributed by atoms with Crippen LogP contribution < -0.4 is 4.74 Å². The Labute approximate surface area is 265 Å². The molecule has 6 atom stereocenters. The molecule has 2 amide bonds. The summed E-state index contributed by atoms with van der Waals surface area (Å²) in [6.07, 6.45) is 2.33. The average molecular weight is 633 g/mol. The van der Waals surface area contributed by atoms with Crippen LogP contribution >= 0.6 is 0 Å². The second-order valence-corrected chi connectivity index (χ2v) is 19.0. The summed E-state index contributed by atoms with van der Waals surface area (Å²) in [5.41, 5.74) is 1.66. The molecule has 2 saturated heterocycles. The van der Waals surface area contributed by atoms with Crippen molar-refractivity contribution in [2.24, 2.45) is 11.8 Å². The van der Waals surface area contributed by atoms with Gasteiger partial charge in [-0.2, -0.15) is 0 Å². The second-order valence-electron chi connectivity index (χ2n) is 14.2. The van der Waals surface area contributed by atoms with Crippen LogP contribution in [0.5, 0.6) is 5.75 Å². The van der Waals surface area contributed by atoms with Gasteiger partial charge in [0.15, 0.2) is 8.32 Å². The van der Waals surface area contributed by atoms with Crippen LogP contribution in [0.15, 0.2) is 60.9 Å². The number of carboxylic acid groups (broad SMARTS) is 1. The van der Waals surface area contributed by atoms with E-state index in [1.165, 1.54) is 0 Å². The maximum atomic E-state index is 13.2. The number of piperidine rings is 1. The van der Waals surface area contributed by atoms with Gasteiger partial charge in [-0.15, -0.1) is 5.10 Å². The number of fused-ring (bicyclic) bond motifs is 1. The second kappa shape index (κ2) is 12.2. The van der Waals surface area contributed by atoms with Crippen molar-refractivity contribution in [1.29, 1.82) is 0 Å². The molecule has 1 aromatic heterocycles. The first-order valence-electron chi connectivity index (χ1n) is 15.9. The van der Waals surface area contributed by atoms with Crippen LogP contribution in [0.3, 0.4) is 0 Å². The summed E-state index contributed by atoms with van der Waals surface area (Å²) in [5.74, 6) is 1.57. The molecule has 1 aliphatic carbocycles. The Hall–Kier alpha value is -3.77. The maximum absolute atomic E-state index is 13.2. The van der Waals surface area contributed by atoms with E-state index in [2.05, 4.69) is 49.4 Å². The van der Waals surface area contributed by atoms with E-state index >= 15 is 0 Å². The Morgan fingerprint density at radius 2 is 1.71 bits per heavy atom. The lowest BCUT2D eigenvalue weighted by Crippen LogP contribution is -2.54. The first-order valence-corrected chi connectivity index (χ1v) is 18.8. The van der Waals surface area contributed by atoms with Crippen molar-refractivity contribution >= 4 is 20.3 Å². The number of carbonyl (C=O) groups is 2. The van der Waals surface area contributed by atoms with Crippen molar-refractivity contribution in [2.75, 3.05) is 19.7 Å². The third-order valence-corrected chi connectivity index (χ3v) is 14.9. The summed E-state index contributed by atoms with van der Waals surface area (Å²) in [6.45, 7) is 12.7. The summed E-state index contributed by atoms with van der Waals surface area (Å²) in [4.78, 5) is 29.5. The molecule has 2 aliphatic heterocycles. The zero-order valence-electron chi connectivity index (χ0n) is 26.7. The molecule has 0 spiro atoms. The first-order chi connectivity index (χ1) is 21.4. The lowest BCUT2D eigenvalue weighted by atomic mass is 10.0. The minimum atomic E-state index is -2.23. The normalized spacial score (nSPS) is 25.2. The Bertz CT molecular complexity index is 1470. The molecule has 3 aliphatic rings. The van der Waals surface area contributed by atoms with Crippen molar-refractivity contribution < 1.29 is 23.9 Å². The minimum Gasteiger partial charge on any atom is -0.491 e. The third kappa shape index (κ3) is 6.48. The van der Waals surface area contributed by atoms with E-state index in [4.69, 9.17) is 9.16 Å². The number of para-hydroxylation sites is 1. The van der Waals surface area contributed by atoms with Crippen LogP contribution in [-0.4, -0.2) is 93.3 Å². The van der Waals surface area contributed by atoms with Gasteiger partial charge in [-0.05, 0) is 77.7 Å².